The molecule has 1 amide bonds. The van der Waals surface area contributed by atoms with Gasteiger partial charge in [-0.25, -0.2) is 14.6 Å². The largest absolute Gasteiger partial charge is 0.351 e. The summed E-state index contributed by atoms with van der Waals surface area (Å²) in [5, 5.41) is 10.4. The van der Waals surface area contributed by atoms with Gasteiger partial charge in [0.2, 0.25) is 0 Å². The van der Waals surface area contributed by atoms with Gasteiger partial charge in [0.05, 0.1) is 5.56 Å². The molecule has 132 valence electrons. The summed E-state index contributed by atoms with van der Waals surface area (Å²) in [6, 6.07) is 3.51. The van der Waals surface area contributed by atoms with Crippen molar-refractivity contribution in [1.82, 2.24) is 30.4 Å². The Kier molecular flexibility index (Phi) is 7.59. The molecule has 0 radical (unpaired) electrons. The average molecular weight is 373 g/mol. The maximum atomic E-state index is 12.2. The number of pyridine rings is 1. The van der Waals surface area contributed by atoms with Crippen LogP contribution in [0.1, 0.15) is 30.1 Å². The topological polar surface area (TPSA) is 84.7 Å². The van der Waals surface area contributed by atoms with Crippen LogP contribution in [0.5, 0.6) is 0 Å². The third-order valence-electron chi connectivity index (χ3n) is 4.15. The van der Waals surface area contributed by atoms with Crippen molar-refractivity contribution >= 4 is 30.7 Å². The Bertz CT molecular complexity index is 626. The second-order valence-corrected chi connectivity index (χ2v) is 5.99. The summed E-state index contributed by atoms with van der Waals surface area (Å²) < 4.78 is 1.55. The van der Waals surface area contributed by atoms with Gasteiger partial charge in [0, 0.05) is 12.7 Å². The van der Waals surface area contributed by atoms with Gasteiger partial charge in [-0.05, 0) is 43.5 Å². The van der Waals surface area contributed by atoms with E-state index in [1.807, 2.05) is 0 Å². The Labute approximate surface area is 153 Å². The molecule has 0 bridgehead atoms. The number of amides is 1. The van der Waals surface area contributed by atoms with E-state index in [0.717, 1.165) is 25.9 Å². The average Bonchev–Trinajstić information content (AvgIpc) is 3.08. The van der Waals surface area contributed by atoms with Gasteiger partial charge in [0.15, 0.2) is 5.82 Å². The molecule has 0 unspecified atom stereocenters. The molecular formula is C15H22Cl2N6O. The van der Waals surface area contributed by atoms with E-state index >= 15 is 0 Å². The first-order valence-electron chi connectivity index (χ1n) is 7.46. The lowest BCUT2D eigenvalue weighted by atomic mass is 9.81. The van der Waals surface area contributed by atoms with E-state index in [-0.39, 0.29) is 36.1 Å². The van der Waals surface area contributed by atoms with Gasteiger partial charge in [-0.1, -0.05) is 6.92 Å². The Morgan fingerprint density at radius 3 is 2.67 bits per heavy atom. The normalized spacial score (nSPS) is 15.7. The van der Waals surface area contributed by atoms with Crippen molar-refractivity contribution in [2.75, 3.05) is 19.6 Å². The predicted octanol–water partition coefficient (Wildman–Crippen LogP) is 1.63. The molecule has 1 saturated heterocycles. The molecule has 0 spiro atoms. The fraction of sp³-hybridized carbons (Fsp3) is 0.467. The standard InChI is InChI=1S/C15H20N6O.2ClH/c1-15(4-6-16-7-5-15)9-19-14(22)12-2-3-13(18-8-12)21-11-17-10-20-21;;/h2-3,8,10-11,16H,4-7,9H2,1H3,(H,19,22);2*1H. The van der Waals surface area contributed by atoms with Crippen LogP contribution >= 0.6 is 24.8 Å². The summed E-state index contributed by atoms with van der Waals surface area (Å²) in [6.45, 7) is 4.94. The summed E-state index contributed by atoms with van der Waals surface area (Å²) in [7, 11) is 0. The lowest BCUT2D eigenvalue weighted by molar-refractivity contribution is 0.0922. The quantitative estimate of drug-likeness (QED) is 0.851. The minimum atomic E-state index is -0.0857. The number of rotatable bonds is 4. The maximum absolute atomic E-state index is 12.2. The molecule has 0 aromatic carbocycles. The van der Waals surface area contributed by atoms with E-state index in [2.05, 4.69) is 32.6 Å². The smallest absolute Gasteiger partial charge is 0.252 e. The second kappa shape index (κ2) is 8.96. The van der Waals surface area contributed by atoms with Crippen molar-refractivity contribution in [2.24, 2.45) is 5.41 Å². The summed E-state index contributed by atoms with van der Waals surface area (Å²) in [4.78, 5) is 20.3. The molecule has 2 aromatic rings. The van der Waals surface area contributed by atoms with Gasteiger partial charge in [-0.2, -0.15) is 5.10 Å². The number of nitrogens with one attached hydrogen (secondary N) is 2. The van der Waals surface area contributed by atoms with Crippen LogP contribution in [0.4, 0.5) is 0 Å². The molecule has 2 aromatic heterocycles. The molecule has 3 rings (SSSR count). The Morgan fingerprint density at radius 2 is 2.08 bits per heavy atom. The van der Waals surface area contributed by atoms with Crippen LogP contribution in [0.3, 0.4) is 0 Å². The zero-order valence-electron chi connectivity index (χ0n) is 13.4. The third-order valence-corrected chi connectivity index (χ3v) is 4.15. The zero-order valence-corrected chi connectivity index (χ0v) is 15.1. The van der Waals surface area contributed by atoms with E-state index in [1.165, 1.54) is 6.33 Å². The van der Waals surface area contributed by atoms with E-state index in [0.29, 0.717) is 17.9 Å². The van der Waals surface area contributed by atoms with E-state index in [1.54, 1.807) is 29.3 Å². The number of nitrogens with zero attached hydrogens (tertiary/aromatic N) is 4. The first-order chi connectivity index (χ1) is 10.7. The number of carbonyl (C=O) groups is 1. The SMILES string of the molecule is CC1(CNC(=O)c2ccc(-n3cncn3)nc2)CCNCC1.Cl.Cl. The highest BCUT2D eigenvalue weighted by molar-refractivity contribution is 5.93. The molecule has 9 heteroatoms. The number of carbonyl (C=O) groups excluding carboxylic acids is 1. The van der Waals surface area contributed by atoms with Crippen molar-refractivity contribution in [1.29, 1.82) is 0 Å². The van der Waals surface area contributed by atoms with Gasteiger partial charge < -0.3 is 10.6 Å². The van der Waals surface area contributed by atoms with Crippen molar-refractivity contribution in [3.63, 3.8) is 0 Å². The van der Waals surface area contributed by atoms with Crippen LogP contribution in [0.15, 0.2) is 31.0 Å². The molecule has 3 heterocycles. The first-order valence-corrected chi connectivity index (χ1v) is 7.46. The summed E-state index contributed by atoms with van der Waals surface area (Å²) in [5.74, 6) is 0.553. The van der Waals surface area contributed by atoms with Crippen LogP contribution < -0.4 is 10.6 Å². The van der Waals surface area contributed by atoms with Crippen LogP contribution in [-0.2, 0) is 0 Å². The van der Waals surface area contributed by atoms with Crippen molar-refractivity contribution < 1.29 is 4.79 Å². The number of aromatic nitrogens is 4. The highest BCUT2D eigenvalue weighted by Gasteiger charge is 2.27. The molecule has 0 aliphatic carbocycles. The lowest BCUT2D eigenvalue weighted by Gasteiger charge is -2.34. The molecule has 0 saturated carbocycles. The molecule has 1 aliphatic rings. The predicted molar refractivity (Wildman–Crippen MR) is 96.2 cm³/mol. The van der Waals surface area contributed by atoms with E-state index < -0.39 is 0 Å². The molecule has 1 fully saturated rings. The Morgan fingerprint density at radius 1 is 1.33 bits per heavy atom. The fourth-order valence-electron chi connectivity index (χ4n) is 2.59. The monoisotopic (exact) mass is 372 g/mol. The summed E-state index contributed by atoms with van der Waals surface area (Å²) in [5.41, 5.74) is 0.732. The summed E-state index contributed by atoms with van der Waals surface area (Å²) >= 11 is 0. The minimum absolute atomic E-state index is 0. The number of halogens is 2. The second-order valence-electron chi connectivity index (χ2n) is 5.99. The van der Waals surface area contributed by atoms with Crippen LogP contribution in [0, 0.1) is 5.41 Å². The van der Waals surface area contributed by atoms with Crippen molar-refractivity contribution in [3.05, 3.63) is 36.5 Å². The molecule has 2 N–H and O–H groups in total. The van der Waals surface area contributed by atoms with E-state index in [4.69, 9.17) is 0 Å². The highest BCUT2D eigenvalue weighted by atomic mass is 35.5. The molecule has 1 aliphatic heterocycles. The number of hydrogen-bond acceptors (Lipinski definition) is 5. The molecule has 24 heavy (non-hydrogen) atoms. The Hall–Kier alpha value is -1.70. The third kappa shape index (κ3) is 4.90. The molecular weight excluding hydrogens is 351 g/mol. The van der Waals surface area contributed by atoms with Gasteiger partial charge in [-0.3, -0.25) is 4.79 Å². The van der Waals surface area contributed by atoms with Crippen LogP contribution in [0.2, 0.25) is 0 Å². The van der Waals surface area contributed by atoms with Gasteiger partial charge >= 0.3 is 0 Å². The van der Waals surface area contributed by atoms with Gasteiger partial charge in [-0.15, -0.1) is 24.8 Å². The van der Waals surface area contributed by atoms with Gasteiger partial charge in [0.1, 0.15) is 12.7 Å². The van der Waals surface area contributed by atoms with Gasteiger partial charge in [0.25, 0.3) is 5.91 Å². The highest BCUT2D eigenvalue weighted by Crippen LogP contribution is 2.26. The first kappa shape index (κ1) is 20.3. The lowest BCUT2D eigenvalue weighted by Crippen LogP contribution is -2.42. The minimum Gasteiger partial charge on any atom is -0.351 e. The summed E-state index contributed by atoms with van der Waals surface area (Å²) in [6.07, 6.45) is 6.74. The van der Waals surface area contributed by atoms with Crippen molar-refractivity contribution in [2.45, 2.75) is 19.8 Å². The fourth-order valence-corrected chi connectivity index (χ4v) is 2.59. The van der Waals surface area contributed by atoms with E-state index in [9.17, 15) is 4.79 Å². The molecule has 7 nitrogen and oxygen atoms in total. The van der Waals surface area contributed by atoms with Crippen molar-refractivity contribution in [3.8, 4) is 5.82 Å². The van der Waals surface area contributed by atoms with Crippen LogP contribution in [-0.4, -0.2) is 45.3 Å². The Balaban J connectivity index is 0.00000144. The number of hydrogen-bond donors (Lipinski definition) is 2. The zero-order chi connectivity index (χ0) is 15.4. The number of piperidine rings is 1. The molecule has 0 atom stereocenters. The maximum Gasteiger partial charge on any atom is 0.252 e. The van der Waals surface area contributed by atoms with Crippen LogP contribution in [0.25, 0.3) is 5.82 Å².